The van der Waals surface area contributed by atoms with Gasteiger partial charge in [0, 0.05) is 18.7 Å². The molecular weight excluding hydrogens is 362 g/mol. The maximum absolute atomic E-state index is 12.6. The van der Waals surface area contributed by atoms with E-state index in [9.17, 15) is 13.2 Å². The van der Waals surface area contributed by atoms with Crippen LogP contribution in [0.15, 0.2) is 52.5 Å². The number of carbonyl (C=O) groups excluding carboxylic acids is 1. The Labute approximate surface area is 159 Å². The lowest BCUT2D eigenvalue weighted by molar-refractivity contribution is 0.0955. The summed E-state index contributed by atoms with van der Waals surface area (Å²) in [4.78, 5) is 12.5. The molecule has 1 fully saturated rings. The van der Waals surface area contributed by atoms with Crippen LogP contribution in [0.25, 0.3) is 0 Å². The van der Waals surface area contributed by atoms with Crippen molar-refractivity contribution in [2.24, 2.45) is 5.10 Å². The van der Waals surface area contributed by atoms with Crippen LogP contribution in [-0.4, -0.2) is 37.9 Å². The van der Waals surface area contributed by atoms with Gasteiger partial charge in [-0.3, -0.25) is 4.79 Å². The van der Waals surface area contributed by atoms with Crippen molar-refractivity contribution in [2.75, 3.05) is 13.1 Å². The summed E-state index contributed by atoms with van der Waals surface area (Å²) in [6.45, 7) is 5.04. The standard InChI is InChI=1S/C20H23N3O3S/c1-15-8-9-18(16(2)12-15)14-21-22-20(24)17-6-5-7-19(13-17)27(25,26)23-10-3-4-11-23/h5-9,12-14H,3-4,10-11H2,1-2H3,(H,22,24). The Morgan fingerprint density at radius 1 is 1.11 bits per heavy atom. The zero-order chi connectivity index (χ0) is 19.4. The molecule has 0 bridgehead atoms. The van der Waals surface area contributed by atoms with E-state index in [1.54, 1.807) is 18.3 Å². The maximum Gasteiger partial charge on any atom is 0.271 e. The van der Waals surface area contributed by atoms with Crippen molar-refractivity contribution in [2.45, 2.75) is 31.6 Å². The van der Waals surface area contributed by atoms with Gasteiger partial charge in [-0.05, 0) is 56.0 Å². The fraction of sp³-hybridized carbons (Fsp3) is 0.300. The molecule has 2 aromatic rings. The molecule has 6 nitrogen and oxygen atoms in total. The van der Waals surface area contributed by atoms with Gasteiger partial charge in [0.1, 0.15) is 0 Å². The topological polar surface area (TPSA) is 78.8 Å². The highest BCUT2D eigenvalue weighted by Crippen LogP contribution is 2.21. The van der Waals surface area contributed by atoms with E-state index in [1.165, 1.54) is 16.4 Å². The first-order chi connectivity index (χ1) is 12.9. The molecule has 27 heavy (non-hydrogen) atoms. The lowest BCUT2D eigenvalue weighted by atomic mass is 10.1. The van der Waals surface area contributed by atoms with Gasteiger partial charge < -0.3 is 0 Å². The average molecular weight is 385 g/mol. The third-order valence-corrected chi connectivity index (χ3v) is 6.49. The van der Waals surface area contributed by atoms with Gasteiger partial charge in [0.05, 0.1) is 11.1 Å². The molecule has 1 heterocycles. The molecule has 2 aromatic carbocycles. The third-order valence-electron chi connectivity index (χ3n) is 4.59. The Morgan fingerprint density at radius 2 is 1.85 bits per heavy atom. The number of hydrazone groups is 1. The molecule has 0 unspecified atom stereocenters. The molecule has 1 aliphatic heterocycles. The van der Waals surface area contributed by atoms with Crippen molar-refractivity contribution in [3.63, 3.8) is 0 Å². The van der Waals surface area contributed by atoms with E-state index in [0.29, 0.717) is 13.1 Å². The van der Waals surface area contributed by atoms with E-state index in [4.69, 9.17) is 0 Å². The molecule has 0 saturated carbocycles. The molecule has 1 N–H and O–H groups in total. The minimum atomic E-state index is -3.55. The molecule has 0 spiro atoms. The second kappa shape index (κ2) is 8.02. The summed E-state index contributed by atoms with van der Waals surface area (Å²) in [6, 6.07) is 12.0. The van der Waals surface area contributed by atoms with Crippen molar-refractivity contribution in [3.05, 3.63) is 64.7 Å². The van der Waals surface area contributed by atoms with Crippen LogP contribution in [0.3, 0.4) is 0 Å². The van der Waals surface area contributed by atoms with E-state index >= 15 is 0 Å². The summed E-state index contributed by atoms with van der Waals surface area (Å²) in [5, 5.41) is 3.99. The average Bonchev–Trinajstić information content (AvgIpc) is 3.19. The van der Waals surface area contributed by atoms with E-state index < -0.39 is 15.9 Å². The highest BCUT2D eigenvalue weighted by atomic mass is 32.2. The van der Waals surface area contributed by atoms with Gasteiger partial charge in [0.25, 0.3) is 5.91 Å². The number of benzene rings is 2. The predicted octanol–water partition coefficient (Wildman–Crippen LogP) is 2.85. The van der Waals surface area contributed by atoms with Gasteiger partial charge in [-0.1, -0.05) is 29.8 Å². The normalized spacial score (nSPS) is 15.3. The molecule has 142 valence electrons. The molecule has 0 aromatic heterocycles. The first kappa shape index (κ1) is 19.3. The lowest BCUT2D eigenvalue weighted by Gasteiger charge is -2.15. The van der Waals surface area contributed by atoms with Crippen LogP contribution in [0, 0.1) is 13.8 Å². The second-order valence-corrected chi connectivity index (χ2v) is 8.64. The zero-order valence-electron chi connectivity index (χ0n) is 15.5. The quantitative estimate of drug-likeness (QED) is 0.635. The van der Waals surface area contributed by atoms with Crippen LogP contribution in [0.4, 0.5) is 0 Å². The fourth-order valence-corrected chi connectivity index (χ4v) is 4.63. The van der Waals surface area contributed by atoms with Crippen LogP contribution in [0.1, 0.15) is 39.9 Å². The highest BCUT2D eigenvalue weighted by Gasteiger charge is 2.27. The molecular formula is C20H23N3O3S. The molecule has 1 amide bonds. The van der Waals surface area contributed by atoms with E-state index in [-0.39, 0.29) is 10.5 Å². The van der Waals surface area contributed by atoms with Crippen molar-refractivity contribution >= 4 is 22.1 Å². The second-order valence-electron chi connectivity index (χ2n) is 6.70. The van der Waals surface area contributed by atoms with Gasteiger partial charge in [-0.15, -0.1) is 0 Å². The monoisotopic (exact) mass is 385 g/mol. The number of sulfonamides is 1. The number of hydrogen-bond acceptors (Lipinski definition) is 4. The molecule has 1 saturated heterocycles. The first-order valence-corrected chi connectivity index (χ1v) is 10.3. The van der Waals surface area contributed by atoms with E-state index in [2.05, 4.69) is 10.5 Å². The molecule has 0 atom stereocenters. The Bertz CT molecular complexity index is 978. The zero-order valence-corrected chi connectivity index (χ0v) is 16.3. The third kappa shape index (κ3) is 4.43. The summed E-state index contributed by atoms with van der Waals surface area (Å²) >= 11 is 0. The lowest BCUT2D eigenvalue weighted by Crippen LogP contribution is -2.28. The van der Waals surface area contributed by atoms with Crippen molar-refractivity contribution in [1.82, 2.24) is 9.73 Å². The summed E-state index contributed by atoms with van der Waals surface area (Å²) in [5.74, 6) is -0.450. The fourth-order valence-electron chi connectivity index (χ4n) is 3.07. The van der Waals surface area contributed by atoms with Crippen LogP contribution in [-0.2, 0) is 10.0 Å². The Hall–Kier alpha value is -2.51. The van der Waals surface area contributed by atoms with E-state index in [0.717, 1.165) is 29.5 Å². The maximum atomic E-state index is 12.6. The number of nitrogens with zero attached hydrogens (tertiary/aromatic N) is 2. The highest BCUT2D eigenvalue weighted by molar-refractivity contribution is 7.89. The summed E-state index contributed by atoms with van der Waals surface area (Å²) in [6.07, 6.45) is 3.32. The number of carbonyl (C=O) groups is 1. The van der Waals surface area contributed by atoms with Crippen molar-refractivity contribution < 1.29 is 13.2 Å². The Morgan fingerprint density at radius 3 is 2.56 bits per heavy atom. The number of aryl methyl sites for hydroxylation is 2. The molecule has 1 aliphatic rings. The predicted molar refractivity (Wildman–Crippen MR) is 105 cm³/mol. The van der Waals surface area contributed by atoms with Gasteiger partial charge in [0.15, 0.2) is 0 Å². The van der Waals surface area contributed by atoms with Crippen molar-refractivity contribution in [1.29, 1.82) is 0 Å². The molecule has 0 aliphatic carbocycles. The van der Waals surface area contributed by atoms with Crippen LogP contribution >= 0.6 is 0 Å². The molecule has 3 rings (SSSR count). The SMILES string of the molecule is Cc1ccc(C=NNC(=O)c2cccc(S(=O)(=O)N3CCCC3)c2)c(C)c1. The minimum Gasteiger partial charge on any atom is -0.267 e. The molecule has 7 heteroatoms. The van der Waals surface area contributed by atoms with Gasteiger partial charge >= 0.3 is 0 Å². The van der Waals surface area contributed by atoms with Gasteiger partial charge in [-0.25, -0.2) is 13.8 Å². The number of nitrogens with one attached hydrogen (secondary N) is 1. The molecule has 0 radical (unpaired) electrons. The van der Waals surface area contributed by atoms with Crippen LogP contribution in [0.5, 0.6) is 0 Å². The van der Waals surface area contributed by atoms with Crippen LogP contribution < -0.4 is 5.43 Å². The minimum absolute atomic E-state index is 0.135. The van der Waals surface area contributed by atoms with Gasteiger partial charge in [0.2, 0.25) is 10.0 Å². The van der Waals surface area contributed by atoms with E-state index in [1.807, 2.05) is 32.0 Å². The largest absolute Gasteiger partial charge is 0.271 e. The Balaban J connectivity index is 1.73. The van der Waals surface area contributed by atoms with Crippen LogP contribution in [0.2, 0.25) is 0 Å². The summed E-state index contributed by atoms with van der Waals surface area (Å²) in [5.41, 5.74) is 5.84. The smallest absolute Gasteiger partial charge is 0.267 e. The summed E-state index contributed by atoms with van der Waals surface area (Å²) < 4.78 is 26.7. The summed E-state index contributed by atoms with van der Waals surface area (Å²) in [7, 11) is -3.55. The number of rotatable bonds is 5. The van der Waals surface area contributed by atoms with Crippen molar-refractivity contribution in [3.8, 4) is 0 Å². The number of hydrogen-bond donors (Lipinski definition) is 1. The Kier molecular flexibility index (Phi) is 5.72. The first-order valence-electron chi connectivity index (χ1n) is 8.89. The van der Waals surface area contributed by atoms with Gasteiger partial charge in [-0.2, -0.15) is 9.41 Å². The number of amides is 1.